The molecule has 5 heteroatoms. The van der Waals surface area contributed by atoms with Crippen LogP contribution in [0, 0.1) is 5.82 Å². The molecule has 0 radical (unpaired) electrons. The fourth-order valence-electron chi connectivity index (χ4n) is 2.22. The number of carbonyl (C=O) groups is 1. The van der Waals surface area contributed by atoms with Crippen molar-refractivity contribution in [3.8, 4) is 10.4 Å². The summed E-state index contributed by atoms with van der Waals surface area (Å²) in [7, 11) is 0. The van der Waals surface area contributed by atoms with Gasteiger partial charge in [-0.15, -0.1) is 11.3 Å². The Bertz CT molecular complexity index is 627. The molecule has 0 bridgehead atoms. The van der Waals surface area contributed by atoms with Gasteiger partial charge in [0.2, 0.25) is 0 Å². The quantitative estimate of drug-likeness (QED) is 0.762. The zero-order valence-electron chi connectivity index (χ0n) is 12.5. The van der Waals surface area contributed by atoms with Crippen LogP contribution in [0.1, 0.15) is 31.1 Å². The second-order valence-electron chi connectivity index (χ2n) is 5.16. The van der Waals surface area contributed by atoms with Crippen molar-refractivity contribution in [3.63, 3.8) is 0 Å². The lowest BCUT2D eigenvalue weighted by atomic mass is 10.1. The number of carboxylic acids is 1. The summed E-state index contributed by atoms with van der Waals surface area (Å²) in [5, 5.41) is 12.3. The molecule has 0 amide bonds. The van der Waals surface area contributed by atoms with E-state index < -0.39 is 12.0 Å². The van der Waals surface area contributed by atoms with Gasteiger partial charge >= 0.3 is 5.97 Å². The molecule has 0 aliphatic heterocycles. The highest BCUT2D eigenvalue weighted by molar-refractivity contribution is 7.15. The van der Waals surface area contributed by atoms with Gasteiger partial charge in [-0.3, -0.25) is 10.1 Å². The fraction of sp³-hybridized carbons (Fsp3) is 0.353. The summed E-state index contributed by atoms with van der Waals surface area (Å²) < 4.78 is 13.8. The summed E-state index contributed by atoms with van der Waals surface area (Å²) in [5.41, 5.74) is 0.583. The Balaban J connectivity index is 2.00. The maximum absolute atomic E-state index is 13.8. The molecule has 0 aliphatic carbocycles. The molecule has 0 saturated heterocycles. The maximum atomic E-state index is 13.8. The van der Waals surface area contributed by atoms with Gasteiger partial charge < -0.3 is 5.11 Å². The van der Waals surface area contributed by atoms with Crippen molar-refractivity contribution in [3.05, 3.63) is 47.1 Å². The second kappa shape index (κ2) is 8.06. The molecule has 0 saturated carbocycles. The number of halogens is 1. The maximum Gasteiger partial charge on any atom is 0.320 e. The van der Waals surface area contributed by atoms with E-state index >= 15 is 0 Å². The predicted molar refractivity (Wildman–Crippen MR) is 87.5 cm³/mol. The topological polar surface area (TPSA) is 49.3 Å². The van der Waals surface area contributed by atoms with Crippen LogP contribution in [0.15, 0.2) is 36.4 Å². The van der Waals surface area contributed by atoms with Gasteiger partial charge in [-0.05, 0) is 24.6 Å². The molecule has 1 aromatic carbocycles. The molecule has 22 heavy (non-hydrogen) atoms. The number of rotatable bonds is 8. The number of aliphatic carboxylic acids is 1. The number of carboxylic acid groups (broad SMARTS) is 1. The number of unbranched alkanes of at least 4 members (excludes halogenated alkanes) is 1. The van der Waals surface area contributed by atoms with Crippen molar-refractivity contribution in [1.82, 2.24) is 5.32 Å². The van der Waals surface area contributed by atoms with Gasteiger partial charge in [0.25, 0.3) is 0 Å². The highest BCUT2D eigenvalue weighted by atomic mass is 32.1. The summed E-state index contributed by atoms with van der Waals surface area (Å²) in [6.07, 6.45) is 2.48. The summed E-state index contributed by atoms with van der Waals surface area (Å²) in [5.74, 6) is -1.06. The van der Waals surface area contributed by atoms with E-state index in [1.165, 1.54) is 17.4 Å². The van der Waals surface area contributed by atoms with Crippen LogP contribution in [0.3, 0.4) is 0 Å². The van der Waals surface area contributed by atoms with E-state index in [9.17, 15) is 14.3 Å². The highest BCUT2D eigenvalue weighted by Gasteiger charge is 2.16. The minimum absolute atomic E-state index is 0.241. The van der Waals surface area contributed by atoms with Crippen molar-refractivity contribution in [2.45, 2.75) is 38.8 Å². The third-order valence-electron chi connectivity index (χ3n) is 3.47. The zero-order valence-corrected chi connectivity index (χ0v) is 13.3. The van der Waals surface area contributed by atoms with Crippen molar-refractivity contribution in [1.29, 1.82) is 0 Å². The Kier molecular flexibility index (Phi) is 6.10. The molecule has 0 fully saturated rings. The SMILES string of the molecule is CCCC[C@H](NCc1ccc(-c2ccccc2F)s1)C(=O)O. The molecule has 0 unspecified atom stereocenters. The molecule has 3 nitrogen and oxygen atoms in total. The molecule has 118 valence electrons. The lowest BCUT2D eigenvalue weighted by molar-refractivity contribution is -0.139. The largest absolute Gasteiger partial charge is 0.480 e. The Morgan fingerprint density at radius 2 is 2.09 bits per heavy atom. The smallest absolute Gasteiger partial charge is 0.320 e. The van der Waals surface area contributed by atoms with E-state index in [1.807, 2.05) is 19.1 Å². The first-order chi connectivity index (χ1) is 10.6. The molecule has 0 aliphatic rings. The first-order valence-corrected chi connectivity index (χ1v) is 8.23. The van der Waals surface area contributed by atoms with E-state index in [4.69, 9.17) is 0 Å². The molecular formula is C17H20FNO2S. The first-order valence-electron chi connectivity index (χ1n) is 7.41. The molecule has 1 heterocycles. The van der Waals surface area contributed by atoms with Gasteiger partial charge in [0.15, 0.2) is 0 Å². The Morgan fingerprint density at radius 3 is 2.77 bits per heavy atom. The van der Waals surface area contributed by atoms with E-state index in [0.29, 0.717) is 18.5 Å². The molecule has 0 spiro atoms. The highest BCUT2D eigenvalue weighted by Crippen LogP contribution is 2.30. The molecule has 2 N–H and O–H groups in total. The number of benzene rings is 1. The summed E-state index contributed by atoms with van der Waals surface area (Å²) in [6.45, 7) is 2.53. The monoisotopic (exact) mass is 321 g/mol. The molecule has 1 atom stereocenters. The minimum Gasteiger partial charge on any atom is -0.480 e. The third kappa shape index (κ3) is 4.39. The van der Waals surface area contributed by atoms with E-state index in [-0.39, 0.29) is 5.82 Å². The molecule has 1 aromatic heterocycles. The minimum atomic E-state index is -0.820. The Morgan fingerprint density at radius 1 is 1.32 bits per heavy atom. The van der Waals surface area contributed by atoms with Crippen molar-refractivity contribution in [2.75, 3.05) is 0 Å². The second-order valence-corrected chi connectivity index (χ2v) is 6.33. The fourth-order valence-corrected chi connectivity index (χ4v) is 3.21. The number of nitrogens with one attached hydrogen (secondary N) is 1. The van der Waals surface area contributed by atoms with Gasteiger partial charge in [-0.1, -0.05) is 38.0 Å². The van der Waals surface area contributed by atoms with Crippen molar-refractivity contribution >= 4 is 17.3 Å². The van der Waals surface area contributed by atoms with Crippen molar-refractivity contribution < 1.29 is 14.3 Å². The van der Waals surface area contributed by atoms with Crippen LogP contribution in [0.25, 0.3) is 10.4 Å². The summed E-state index contributed by atoms with van der Waals surface area (Å²) >= 11 is 1.48. The van der Waals surface area contributed by atoms with E-state index in [0.717, 1.165) is 22.6 Å². The van der Waals surface area contributed by atoms with Gasteiger partial charge in [0.1, 0.15) is 11.9 Å². The van der Waals surface area contributed by atoms with Crippen LogP contribution >= 0.6 is 11.3 Å². The summed E-state index contributed by atoms with van der Waals surface area (Å²) in [4.78, 5) is 13.0. The predicted octanol–water partition coefficient (Wildman–Crippen LogP) is 4.29. The summed E-state index contributed by atoms with van der Waals surface area (Å²) in [6, 6.07) is 9.93. The van der Waals surface area contributed by atoms with Gasteiger partial charge in [-0.2, -0.15) is 0 Å². The molecule has 2 aromatic rings. The van der Waals surface area contributed by atoms with Crippen LogP contribution in [0.4, 0.5) is 4.39 Å². The normalized spacial score (nSPS) is 12.3. The third-order valence-corrected chi connectivity index (χ3v) is 4.59. The average Bonchev–Trinajstić information content (AvgIpc) is 2.96. The van der Waals surface area contributed by atoms with Crippen LogP contribution in [0.5, 0.6) is 0 Å². The standard InChI is InChI=1S/C17H20FNO2S/c1-2-3-8-15(17(20)21)19-11-12-9-10-16(22-12)13-6-4-5-7-14(13)18/h4-7,9-10,15,19H,2-3,8,11H2,1H3,(H,20,21)/t15-/m0/s1. The first kappa shape index (κ1) is 16.6. The van der Waals surface area contributed by atoms with Crippen LogP contribution in [-0.2, 0) is 11.3 Å². The van der Waals surface area contributed by atoms with Crippen LogP contribution < -0.4 is 5.32 Å². The van der Waals surface area contributed by atoms with Gasteiger partial charge in [-0.25, -0.2) is 4.39 Å². The van der Waals surface area contributed by atoms with Crippen LogP contribution in [-0.4, -0.2) is 17.1 Å². The van der Waals surface area contributed by atoms with E-state index in [1.54, 1.807) is 18.2 Å². The van der Waals surface area contributed by atoms with Crippen molar-refractivity contribution in [2.24, 2.45) is 0 Å². The van der Waals surface area contributed by atoms with E-state index in [2.05, 4.69) is 5.32 Å². The number of thiophene rings is 1. The molecule has 2 rings (SSSR count). The Labute approximate surface area is 133 Å². The molecular weight excluding hydrogens is 301 g/mol. The van der Waals surface area contributed by atoms with Gasteiger partial charge in [0, 0.05) is 21.9 Å². The number of hydrogen-bond donors (Lipinski definition) is 2. The Hall–Kier alpha value is -1.72. The van der Waals surface area contributed by atoms with Crippen LogP contribution in [0.2, 0.25) is 0 Å². The lowest BCUT2D eigenvalue weighted by Gasteiger charge is -2.13. The van der Waals surface area contributed by atoms with Gasteiger partial charge in [0.05, 0.1) is 0 Å². The average molecular weight is 321 g/mol. The number of hydrogen-bond acceptors (Lipinski definition) is 3. The zero-order chi connectivity index (χ0) is 15.9. The lowest BCUT2D eigenvalue weighted by Crippen LogP contribution is -2.35.